The van der Waals surface area contributed by atoms with Gasteiger partial charge in [-0.25, -0.2) is 0 Å². The van der Waals surface area contributed by atoms with Crippen LogP contribution >= 0.6 is 11.6 Å². The van der Waals surface area contributed by atoms with Crippen LogP contribution in [0.2, 0.25) is 0 Å². The number of rotatable bonds is 5. The molecule has 0 saturated carbocycles. The van der Waals surface area contributed by atoms with Gasteiger partial charge in [-0.05, 0) is 36.8 Å². The fourth-order valence-corrected chi connectivity index (χ4v) is 2.44. The van der Waals surface area contributed by atoms with E-state index in [4.69, 9.17) is 16.3 Å². The van der Waals surface area contributed by atoms with E-state index in [1.807, 2.05) is 6.07 Å². The molecule has 0 N–H and O–H groups in total. The van der Waals surface area contributed by atoms with Crippen molar-refractivity contribution >= 4 is 11.6 Å². The van der Waals surface area contributed by atoms with Gasteiger partial charge in [0.2, 0.25) is 0 Å². The van der Waals surface area contributed by atoms with E-state index in [-0.39, 0.29) is 0 Å². The van der Waals surface area contributed by atoms with Gasteiger partial charge in [0.15, 0.2) is 0 Å². The van der Waals surface area contributed by atoms with Gasteiger partial charge in [0.05, 0.1) is 0 Å². The van der Waals surface area contributed by atoms with Crippen molar-refractivity contribution in [1.82, 2.24) is 0 Å². The highest BCUT2D eigenvalue weighted by molar-refractivity contribution is 6.20. The number of hydrogen-bond donors (Lipinski definition) is 0. The molecule has 94 valence electrons. The maximum atomic E-state index is 6.25. The monoisotopic (exact) mass is 252 g/mol. The first-order valence-electron chi connectivity index (χ1n) is 6.55. The summed E-state index contributed by atoms with van der Waals surface area (Å²) in [6.07, 6.45) is 4.79. The zero-order valence-electron chi connectivity index (χ0n) is 10.7. The molecule has 1 heterocycles. The molecule has 0 radical (unpaired) electrons. The molecule has 0 spiro atoms. The summed E-state index contributed by atoms with van der Waals surface area (Å²) >= 11 is 6.25. The summed E-state index contributed by atoms with van der Waals surface area (Å²) < 4.78 is 5.91. The third kappa shape index (κ3) is 3.38. The fraction of sp³-hybridized carbons (Fsp3) is 0.600. The summed E-state index contributed by atoms with van der Waals surface area (Å²) in [7, 11) is 0. The fourth-order valence-electron chi connectivity index (χ4n) is 2.29. The Hall–Kier alpha value is -0.690. The number of alkyl halides is 1. The van der Waals surface area contributed by atoms with Gasteiger partial charge in [0.1, 0.15) is 11.9 Å². The Morgan fingerprint density at radius 2 is 2.12 bits per heavy atom. The molecule has 0 fully saturated rings. The minimum atomic E-state index is 0.304. The van der Waals surface area contributed by atoms with Crippen molar-refractivity contribution in [3.05, 3.63) is 29.8 Å². The minimum absolute atomic E-state index is 0.304. The first kappa shape index (κ1) is 12.8. The normalized spacial score (nSPS) is 20.1. The van der Waals surface area contributed by atoms with Crippen LogP contribution in [0.4, 0.5) is 0 Å². The molecule has 2 rings (SSSR count). The Morgan fingerprint density at radius 3 is 2.82 bits per heavy atom. The maximum absolute atomic E-state index is 6.25. The van der Waals surface area contributed by atoms with E-state index >= 15 is 0 Å². The second-order valence-electron chi connectivity index (χ2n) is 5.24. The standard InChI is InChI=1S/C15H21ClO/c1-11(2)14(16)8-5-7-13-10-12-6-3-4-9-15(12)17-13/h3-4,6,9,11,13-14H,5,7-8,10H2,1-2H3. The zero-order chi connectivity index (χ0) is 12.3. The van der Waals surface area contributed by atoms with Crippen molar-refractivity contribution < 1.29 is 4.74 Å². The van der Waals surface area contributed by atoms with Crippen molar-refractivity contribution in [2.75, 3.05) is 0 Å². The Balaban J connectivity index is 1.73. The van der Waals surface area contributed by atoms with E-state index in [9.17, 15) is 0 Å². The second kappa shape index (κ2) is 5.77. The molecule has 1 aliphatic rings. The summed E-state index contributed by atoms with van der Waals surface area (Å²) in [5.74, 6) is 1.64. The number of halogens is 1. The van der Waals surface area contributed by atoms with E-state index in [1.54, 1.807) is 0 Å². The number of hydrogen-bond acceptors (Lipinski definition) is 1. The molecule has 0 amide bonds. The van der Waals surface area contributed by atoms with Crippen LogP contribution in [0.5, 0.6) is 5.75 Å². The highest BCUT2D eigenvalue weighted by atomic mass is 35.5. The van der Waals surface area contributed by atoms with E-state index in [2.05, 4.69) is 32.0 Å². The van der Waals surface area contributed by atoms with Gasteiger partial charge in [-0.1, -0.05) is 32.0 Å². The highest BCUT2D eigenvalue weighted by Crippen LogP contribution is 2.30. The third-order valence-electron chi connectivity index (χ3n) is 3.44. The van der Waals surface area contributed by atoms with Crippen LogP contribution in [0, 0.1) is 5.92 Å². The predicted octanol–water partition coefficient (Wildman–Crippen LogP) is 4.42. The second-order valence-corrected chi connectivity index (χ2v) is 5.80. The summed E-state index contributed by atoms with van der Waals surface area (Å²) in [5, 5.41) is 0.304. The van der Waals surface area contributed by atoms with E-state index in [1.165, 1.54) is 5.56 Å². The lowest BCUT2D eigenvalue weighted by Crippen LogP contribution is -2.14. The number of benzene rings is 1. The Labute approximate surface area is 109 Å². The topological polar surface area (TPSA) is 9.23 Å². The van der Waals surface area contributed by atoms with E-state index in [0.717, 1.165) is 31.4 Å². The van der Waals surface area contributed by atoms with Crippen LogP contribution < -0.4 is 4.74 Å². The molecule has 2 atom stereocenters. The molecule has 17 heavy (non-hydrogen) atoms. The van der Waals surface area contributed by atoms with Crippen LogP contribution in [0.25, 0.3) is 0 Å². The molecule has 1 aliphatic heterocycles. The minimum Gasteiger partial charge on any atom is -0.490 e. The van der Waals surface area contributed by atoms with Crippen molar-refractivity contribution in [2.24, 2.45) is 5.92 Å². The zero-order valence-corrected chi connectivity index (χ0v) is 11.4. The van der Waals surface area contributed by atoms with Crippen LogP contribution in [-0.2, 0) is 6.42 Å². The van der Waals surface area contributed by atoms with Gasteiger partial charge in [-0.3, -0.25) is 0 Å². The van der Waals surface area contributed by atoms with Crippen LogP contribution in [0.1, 0.15) is 38.7 Å². The van der Waals surface area contributed by atoms with Gasteiger partial charge >= 0.3 is 0 Å². The molecule has 0 aromatic heterocycles. The SMILES string of the molecule is CC(C)C(Cl)CCCC1Cc2ccccc2O1. The highest BCUT2D eigenvalue weighted by Gasteiger charge is 2.22. The number of para-hydroxylation sites is 1. The number of ether oxygens (including phenoxy) is 1. The quantitative estimate of drug-likeness (QED) is 0.705. The molecule has 1 aromatic carbocycles. The lowest BCUT2D eigenvalue weighted by atomic mass is 10.0. The van der Waals surface area contributed by atoms with Crippen molar-refractivity contribution in [2.45, 2.75) is 51.0 Å². The van der Waals surface area contributed by atoms with Gasteiger partial charge in [-0.2, -0.15) is 0 Å². The van der Waals surface area contributed by atoms with Crippen molar-refractivity contribution in [1.29, 1.82) is 0 Å². The average Bonchev–Trinajstić information content (AvgIpc) is 2.71. The molecule has 0 saturated heterocycles. The summed E-state index contributed by atoms with van der Waals surface area (Å²) in [5.41, 5.74) is 1.35. The molecule has 0 bridgehead atoms. The first-order valence-corrected chi connectivity index (χ1v) is 6.99. The molecule has 2 heteroatoms. The van der Waals surface area contributed by atoms with Crippen molar-refractivity contribution in [3.63, 3.8) is 0 Å². The molecule has 0 aliphatic carbocycles. The lowest BCUT2D eigenvalue weighted by molar-refractivity contribution is 0.216. The van der Waals surface area contributed by atoms with Gasteiger partial charge in [-0.15, -0.1) is 11.6 Å². The molecular weight excluding hydrogens is 232 g/mol. The lowest BCUT2D eigenvalue weighted by Gasteiger charge is -2.15. The first-order chi connectivity index (χ1) is 8.16. The Morgan fingerprint density at radius 1 is 1.35 bits per heavy atom. The molecule has 2 unspecified atom stereocenters. The van der Waals surface area contributed by atoms with Crippen LogP contribution in [0.15, 0.2) is 24.3 Å². The molecular formula is C15H21ClO. The summed E-state index contributed by atoms with van der Waals surface area (Å²) in [6.45, 7) is 4.36. The Kier molecular flexibility index (Phi) is 4.33. The van der Waals surface area contributed by atoms with Gasteiger partial charge in [0, 0.05) is 11.8 Å². The van der Waals surface area contributed by atoms with E-state index in [0.29, 0.717) is 17.4 Å². The van der Waals surface area contributed by atoms with Crippen LogP contribution in [0.3, 0.4) is 0 Å². The van der Waals surface area contributed by atoms with Crippen LogP contribution in [-0.4, -0.2) is 11.5 Å². The smallest absolute Gasteiger partial charge is 0.123 e. The maximum Gasteiger partial charge on any atom is 0.123 e. The Bertz CT molecular complexity index is 337. The average molecular weight is 253 g/mol. The number of fused-ring (bicyclic) bond motifs is 1. The largest absolute Gasteiger partial charge is 0.490 e. The molecule has 1 aromatic rings. The van der Waals surface area contributed by atoms with Crippen molar-refractivity contribution in [3.8, 4) is 5.75 Å². The van der Waals surface area contributed by atoms with Gasteiger partial charge in [0.25, 0.3) is 0 Å². The third-order valence-corrected chi connectivity index (χ3v) is 4.17. The van der Waals surface area contributed by atoms with E-state index < -0.39 is 0 Å². The summed E-state index contributed by atoms with van der Waals surface area (Å²) in [4.78, 5) is 0. The van der Waals surface area contributed by atoms with Gasteiger partial charge < -0.3 is 4.74 Å². The molecule has 1 nitrogen and oxygen atoms in total. The summed E-state index contributed by atoms with van der Waals surface area (Å²) in [6, 6.07) is 8.34. The predicted molar refractivity (Wildman–Crippen MR) is 72.9 cm³/mol.